The first-order chi connectivity index (χ1) is 10.2. The lowest BCUT2D eigenvalue weighted by Gasteiger charge is -2.11. The smallest absolute Gasteiger partial charge is 0.223 e. The molecule has 1 aromatic heterocycles. The van der Waals surface area contributed by atoms with E-state index >= 15 is 0 Å². The summed E-state index contributed by atoms with van der Waals surface area (Å²) in [5.74, 6) is 1.61. The van der Waals surface area contributed by atoms with Crippen molar-refractivity contribution in [2.75, 3.05) is 13.2 Å². The predicted octanol–water partition coefficient (Wildman–Crippen LogP) is 1.55. The first-order valence-corrected chi connectivity index (χ1v) is 6.97. The topological polar surface area (TPSA) is 79.9 Å². The Bertz CT molecular complexity index is 561. The molecule has 0 spiro atoms. The van der Waals surface area contributed by atoms with Gasteiger partial charge in [0.2, 0.25) is 5.91 Å². The standard InChI is InChI=1S/C15H20N4O2/c1-11-4-3-5-12(2)15(11)21-9-7-14(20)16-8-6-13-17-10-18-19-13/h3-5,10H,6-9H2,1-2H3,(H,16,20)(H,17,18,19). The SMILES string of the molecule is Cc1cccc(C)c1OCCC(=O)NCCc1ncn[nH]1. The number of aromatic amines is 1. The van der Waals surface area contributed by atoms with Crippen LogP contribution in [0.4, 0.5) is 0 Å². The molecule has 0 aliphatic carbocycles. The number of para-hydroxylation sites is 1. The lowest BCUT2D eigenvalue weighted by atomic mass is 10.1. The minimum Gasteiger partial charge on any atom is -0.493 e. The fraction of sp³-hybridized carbons (Fsp3) is 0.400. The summed E-state index contributed by atoms with van der Waals surface area (Å²) in [6.45, 7) is 4.91. The van der Waals surface area contributed by atoms with Crippen LogP contribution in [0.2, 0.25) is 0 Å². The summed E-state index contributed by atoms with van der Waals surface area (Å²) in [4.78, 5) is 15.7. The van der Waals surface area contributed by atoms with E-state index in [1.54, 1.807) is 0 Å². The maximum absolute atomic E-state index is 11.7. The highest BCUT2D eigenvalue weighted by molar-refractivity contribution is 5.75. The minimum absolute atomic E-state index is 0.0271. The van der Waals surface area contributed by atoms with Crippen molar-refractivity contribution >= 4 is 5.91 Å². The molecule has 2 rings (SSSR count). The average Bonchev–Trinajstić information content (AvgIpc) is 2.95. The number of hydrogen-bond donors (Lipinski definition) is 2. The largest absolute Gasteiger partial charge is 0.493 e. The molecular weight excluding hydrogens is 268 g/mol. The third-order valence-corrected chi connectivity index (χ3v) is 3.13. The molecule has 0 radical (unpaired) electrons. The van der Waals surface area contributed by atoms with Crippen LogP contribution in [0.5, 0.6) is 5.75 Å². The molecule has 0 aliphatic rings. The quantitative estimate of drug-likeness (QED) is 0.810. The lowest BCUT2D eigenvalue weighted by molar-refractivity contribution is -0.121. The van der Waals surface area contributed by atoms with E-state index < -0.39 is 0 Å². The Hall–Kier alpha value is -2.37. The molecule has 0 bridgehead atoms. The number of benzene rings is 1. The zero-order chi connectivity index (χ0) is 15.1. The molecular formula is C15H20N4O2. The zero-order valence-corrected chi connectivity index (χ0v) is 12.3. The molecule has 1 aromatic carbocycles. The number of nitrogens with zero attached hydrogens (tertiary/aromatic N) is 2. The highest BCUT2D eigenvalue weighted by Gasteiger charge is 2.06. The van der Waals surface area contributed by atoms with Crippen molar-refractivity contribution < 1.29 is 9.53 Å². The number of carbonyl (C=O) groups is 1. The van der Waals surface area contributed by atoms with Gasteiger partial charge in [-0.05, 0) is 25.0 Å². The van der Waals surface area contributed by atoms with Crippen molar-refractivity contribution in [3.05, 3.63) is 41.5 Å². The van der Waals surface area contributed by atoms with Crippen LogP contribution in [0.25, 0.3) is 0 Å². The van der Waals surface area contributed by atoms with Crippen molar-refractivity contribution in [2.45, 2.75) is 26.7 Å². The molecule has 0 saturated carbocycles. The van der Waals surface area contributed by atoms with Crippen LogP contribution in [-0.4, -0.2) is 34.2 Å². The summed E-state index contributed by atoms with van der Waals surface area (Å²) in [5, 5.41) is 9.33. The van der Waals surface area contributed by atoms with Gasteiger partial charge < -0.3 is 10.1 Å². The van der Waals surface area contributed by atoms with E-state index in [9.17, 15) is 4.79 Å². The predicted molar refractivity (Wildman–Crippen MR) is 79.1 cm³/mol. The molecule has 6 heteroatoms. The summed E-state index contributed by atoms with van der Waals surface area (Å²) >= 11 is 0. The summed E-state index contributed by atoms with van der Waals surface area (Å²) in [7, 11) is 0. The number of rotatable bonds is 7. The van der Waals surface area contributed by atoms with Gasteiger partial charge in [-0.1, -0.05) is 18.2 Å². The van der Waals surface area contributed by atoms with Gasteiger partial charge in [0.1, 0.15) is 17.9 Å². The lowest BCUT2D eigenvalue weighted by Crippen LogP contribution is -2.27. The second-order valence-corrected chi connectivity index (χ2v) is 4.85. The van der Waals surface area contributed by atoms with Crippen LogP contribution in [0.15, 0.2) is 24.5 Å². The highest BCUT2D eigenvalue weighted by atomic mass is 16.5. The number of ether oxygens (including phenoxy) is 1. The Balaban J connectivity index is 1.67. The molecule has 0 fully saturated rings. The first-order valence-electron chi connectivity index (χ1n) is 6.97. The van der Waals surface area contributed by atoms with E-state index in [0.29, 0.717) is 26.0 Å². The molecule has 112 valence electrons. The van der Waals surface area contributed by atoms with Gasteiger partial charge in [-0.15, -0.1) is 0 Å². The Morgan fingerprint density at radius 1 is 1.33 bits per heavy atom. The van der Waals surface area contributed by atoms with E-state index in [-0.39, 0.29) is 5.91 Å². The molecule has 1 amide bonds. The fourth-order valence-electron chi connectivity index (χ4n) is 2.03. The van der Waals surface area contributed by atoms with Crippen LogP contribution in [-0.2, 0) is 11.2 Å². The van der Waals surface area contributed by atoms with Crippen LogP contribution < -0.4 is 10.1 Å². The summed E-state index contributed by atoms with van der Waals surface area (Å²) in [6, 6.07) is 5.99. The Morgan fingerprint density at radius 2 is 2.10 bits per heavy atom. The summed E-state index contributed by atoms with van der Waals surface area (Å²) in [5.41, 5.74) is 2.17. The van der Waals surface area contributed by atoms with E-state index in [1.807, 2.05) is 32.0 Å². The van der Waals surface area contributed by atoms with Crippen LogP contribution in [0, 0.1) is 13.8 Å². The van der Waals surface area contributed by atoms with Crippen molar-refractivity contribution in [1.82, 2.24) is 20.5 Å². The van der Waals surface area contributed by atoms with Gasteiger partial charge in [-0.3, -0.25) is 9.89 Å². The molecule has 21 heavy (non-hydrogen) atoms. The van der Waals surface area contributed by atoms with Gasteiger partial charge in [-0.25, -0.2) is 4.98 Å². The van der Waals surface area contributed by atoms with Gasteiger partial charge in [-0.2, -0.15) is 5.10 Å². The molecule has 0 aliphatic heterocycles. The summed E-state index contributed by atoms with van der Waals surface area (Å²) in [6.07, 6.45) is 2.43. The maximum atomic E-state index is 11.7. The van der Waals surface area contributed by atoms with Gasteiger partial charge in [0, 0.05) is 13.0 Å². The van der Waals surface area contributed by atoms with Crippen molar-refractivity contribution in [2.24, 2.45) is 0 Å². The van der Waals surface area contributed by atoms with Crippen molar-refractivity contribution in [3.63, 3.8) is 0 Å². The maximum Gasteiger partial charge on any atom is 0.223 e. The van der Waals surface area contributed by atoms with E-state index in [1.165, 1.54) is 6.33 Å². The van der Waals surface area contributed by atoms with Crippen LogP contribution in [0.3, 0.4) is 0 Å². The third-order valence-electron chi connectivity index (χ3n) is 3.13. The van der Waals surface area contributed by atoms with Gasteiger partial charge >= 0.3 is 0 Å². The average molecular weight is 288 g/mol. The molecule has 0 atom stereocenters. The number of carbonyl (C=O) groups excluding carboxylic acids is 1. The van der Waals surface area contributed by atoms with Crippen molar-refractivity contribution in [1.29, 1.82) is 0 Å². The number of aryl methyl sites for hydroxylation is 2. The van der Waals surface area contributed by atoms with Crippen molar-refractivity contribution in [3.8, 4) is 5.75 Å². The Morgan fingerprint density at radius 3 is 2.76 bits per heavy atom. The van der Waals surface area contributed by atoms with E-state index in [2.05, 4.69) is 20.5 Å². The van der Waals surface area contributed by atoms with E-state index in [0.717, 1.165) is 22.7 Å². The van der Waals surface area contributed by atoms with Crippen LogP contribution in [0.1, 0.15) is 23.4 Å². The second-order valence-electron chi connectivity index (χ2n) is 4.85. The zero-order valence-electron chi connectivity index (χ0n) is 12.3. The van der Waals surface area contributed by atoms with Gasteiger partial charge in [0.25, 0.3) is 0 Å². The number of H-pyrrole nitrogens is 1. The Labute approximate surface area is 123 Å². The number of aromatic nitrogens is 3. The molecule has 2 aromatic rings. The molecule has 0 saturated heterocycles. The number of nitrogens with one attached hydrogen (secondary N) is 2. The minimum atomic E-state index is -0.0271. The normalized spacial score (nSPS) is 10.4. The first kappa shape index (κ1) is 15.0. The molecule has 2 N–H and O–H groups in total. The summed E-state index contributed by atoms with van der Waals surface area (Å²) < 4.78 is 5.70. The monoisotopic (exact) mass is 288 g/mol. The molecule has 1 heterocycles. The van der Waals surface area contributed by atoms with E-state index in [4.69, 9.17) is 4.74 Å². The number of amides is 1. The van der Waals surface area contributed by atoms with Crippen LogP contribution >= 0.6 is 0 Å². The fourth-order valence-corrected chi connectivity index (χ4v) is 2.03. The second kappa shape index (κ2) is 7.42. The molecule has 0 unspecified atom stereocenters. The Kier molecular flexibility index (Phi) is 5.31. The third kappa shape index (κ3) is 4.59. The molecule has 6 nitrogen and oxygen atoms in total. The highest BCUT2D eigenvalue weighted by Crippen LogP contribution is 2.22. The number of hydrogen-bond acceptors (Lipinski definition) is 4. The van der Waals surface area contributed by atoms with Gasteiger partial charge in [0.05, 0.1) is 13.0 Å². The van der Waals surface area contributed by atoms with Gasteiger partial charge in [0.15, 0.2) is 0 Å².